The van der Waals surface area contributed by atoms with Crippen LogP contribution in [0.4, 0.5) is 26.3 Å². The normalized spacial score (nSPS) is 12.6. The van der Waals surface area contributed by atoms with Crippen LogP contribution in [-0.4, -0.2) is 38.1 Å². The Morgan fingerprint density at radius 1 is 1.10 bits per heavy atom. The second-order valence-corrected chi connectivity index (χ2v) is 3.76. The lowest BCUT2D eigenvalue weighted by Gasteiger charge is -2.22. The number of hydrogen-bond donors (Lipinski definition) is 0. The molecular weight excluding hydrogens is 294 g/mol. The first-order valence-electron chi connectivity index (χ1n) is 5.56. The first-order valence-corrected chi connectivity index (χ1v) is 5.56. The molecule has 0 aliphatic rings. The molecule has 0 rings (SSSR count). The molecule has 0 amide bonds. The number of halogens is 6. The predicted octanol–water partition coefficient (Wildman–Crippen LogP) is 3.25. The van der Waals surface area contributed by atoms with Crippen LogP contribution in [0.25, 0.3) is 0 Å². The van der Waals surface area contributed by atoms with Gasteiger partial charge in [-0.05, 0) is 6.42 Å². The van der Waals surface area contributed by atoms with Crippen molar-refractivity contribution < 1.29 is 40.6 Å². The highest BCUT2D eigenvalue weighted by Gasteiger charge is 2.56. The average Bonchev–Trinajstić information content (AvgIpc) is 2.25. The second kappa shape index (κ2) is 8.13. The van der Waals surface area contributed by atoms with Gasteiger partial charge in [-0.1, -0.05) is 6.08 Å². The van der Waals surface area contributed by atoms with E-state index < -0.39 is 37.1 Å². The predicted molar refractivity (Wildman–Crippen MR) is 56.8 cm³/mol. The topological polar surface area (TPSA) is 35.5 Å². The first-order chi connectivity index (χ1) is 9.09. The fourth-order valence-electron chi connectivity index (χ4n) is 1.23. The zero-order chi connectivity index (χ0) is 15.8. The molecule has 0 spiro atoms. The summed E-state index contributed by atoms with van der Waals surface area (Å²) in [5.74, 6) is -4.66. The van der Waals surface area contributed by atoms with Crippen molar-refractivity contribution in [3.05, 3.63) is 12.7 Å². The van der Waals surface area contributed by atoms with Crippen LogP contribution in [0.15, 0.2) is 12.7 Å². The highest BCUT2D eigenvalue weighted by atomic mass is 19.4. The van der Waals surface area contributed by atoms with Crippen molar-refractivity contribution in [2.24, 2.45) is 5.92 Å². The van der Waals surface area contributed by atoms with Crippen molar-refractivity contribution in [1.29, 1.82) is 0 Å². The lowest BCUT2D eigenvalue weighted by atomic mass is 10.0. The molecule has 0 N–H and O–H groups in total. The molecule has 9 heteroatoms. The van der Waals surface area contributed by atoms with Gasteiger partial charge in [-0.15, -0.1) is 6.58 Å². The van der Waals surface area contributed by atoms with Gasteiger partial charge in [0.25, 0.3) is 0 Å². The molecule has 0 fully saturated rings. The standard InChI is InChI=1S/C11H14F6O3/c1-2-5-19-6-7-20-9(18)4-3-8(10(12,13)14)11(15,16)17/h2,8H,1,3-7H2. The van der Waals surface area contributed by atoms with Crippen LogP contribution < -0.4 is 0 Å². The summed E-state index contributed by atoms with van der Waals surface area (Å²) in [5, 5.41) is 0. The maximum Gasteiger partial charge on any atom is 0.400 e. The molecule has 0 aromatic carbocycles. The molecule has 0 saturated carbocycles. The van der Waals surface area contributed by atoms with Gasteiger partial charge in [-0.3, -0.25) is 4.79 Å². The summed E-state index contributed by atoms with van der Waals surface area (Å²) in [4.78, 5) is 11.0. The van der Waals surface area contributed by atoms with Crippen LogP contribution in [0.2, 0.25) is 0 Å². The Kier molecular flexibility index (Phi) is 7.62. The van der Waals surface area contributed by atoms with Gasteiger partial charge in [-0.2, -0.15) is 26.3 Å². The number of carbonyl (C=O) groups is 1. The van der Waals surface area contributed by atoms with Crippen LogP contribution in [0.1, 0.15) is 12.8 Å². The quantitative estimate of drug-likeness (QED) is 0.299. The van der Waals surface area contributed by atoms with E-state index in [-0.39, 0.29) is 19.8 Å². The van der Waals surface area contributed by atoms with Crippen molar-refractivity contribution >= 4 is 5.97 Å². The molecule has 0 radical (unpaired) electrons. The SMILES string of the molecule is C=CCOCCOC(=O)CCC(C(F)(F)F)C(F)(F)F. The van der Waals surface area contributed by atoms with Crippen LogP contribution >= 0.6 is 0 Å². The van der Waals surface area contributed by atoms with Crippen LogP contribution in [-0.2, 0) is 14.3 Å². The number of rotatable bonds is 8. The lowest BCUT2D eigenvalue weighted by Crippen LogP contribution is -2.36. The van der Waals surface area contributed by atoms with E-state index in [1.54, 1.807) is 0 Å². The molecule has 0 unspecified atom stereocenters. The van der Waals surface area contributed by atoms with Gasteiger partial charge in [-0.25, -0.2) is 0 Å². The molecule has 0 saturated heterocycles. The second-order valence-electron chi connectivity index (χ2n) is 3.76. The van der Waals surface area contributed by atoms with E-state index in [9.17, 15) is 31.1 Å². The largest absolute Gasteiger partial charge is 0.463 e. The maximum absolute atomic E-state index is 12.2. The van der Waals surface area contributed by atoms with Gasteiger partial charge in [0, 0.05) is 6.42 Å². The van der Waals surface area contributed by atoms with Crippen molar-refractivity contribution in [2.75, 3.05) is 19.8 Å². The molecule has 118 valence electrons. The smallest absolute Gasteiger partial charge is 0.400 e. The Balaban J connectivity index is 4.10. The van der Waals surface area contributed by atoms with Gasteiger partial charge < -0.3 is 9.47 Å². The van der Waals surface area contributed by atoms with Crippen molar-refractivity contribution in [1.82, 2.24) is 0 Å². The maximum atomic E-state index is 12.2. The monoisotopic (exact) mass is 308 g/mol. The fraction of sp³-hybridized carbons (Fsp3) is 0.727. The summed E-state index contributed by atoms with van der Waals surface area (Å²) in [6.07, 6.45) is -11.8. The Morgan fingerprint density at radius 2 is 1.65 bits per heavy atom. The van der Waals surface area contributed by atoms with E-state index in [1.807, 2.05) is 0 Å². The molecule has 0 aliphatic carbocycles. The third-order valence-electron chi connectivity index (χ3n) is 2.15. The van der Waals surface area contributed by atoms with E-state index in [1.165, 1.54) is 6.08 Å². The number of alkyl halides is 6. The third-order valence-corrected chi connectivity index (χ3v) is 2.15. The summed E-state index contributed by atoms with van der Waals surface area (Å²) in [7, 11) is 0. The third kappa shape index (κ3) is 8.03. The lowest BCUT2D eigenvalue weighted by molar-refractivity contribution is -0.285. The summed E-state index contributed by atoms with van der Waals surface area (Å²) >= 11 is 0. The Bertz CT molecular complexity index is 296. The summed E-state index contributed by atoms with van der Waals surface area (Å²) in [6, 6.07) is 0. The molecule has 0 aromatic rings. The number of ether oxygens (including phenoxy) is 2. The molecule has 0 atom stereocenters. The van der Waals surface area contributed by atoms with Gasteiger partial charge in [0.05, 0.1) is 13.2 Å². The highest BCUT2D eigenvalue weighted by molar-refractivity contribution is 5.69. The van der Waals surface area contributed by atoms with Crippen molar-refractivity contribution in [3.63, 3.8) is 0 Å². The Hall–Kier alpha value is -1.25. The van der Waals surface area contributed by atoms with Crippen LogP contribution in [0.3, 0.4) is 0 Å². The van der Waals surface area contributed by atoms with Crippen LogP contribution in [0, 0.1) is 5.92 Å². The summed E-state index contributed by atoms with van der Waals surface area (Å²) in [6.45, 7) is 3.28. The first kappa shape index (κ1) is 18.8. The van der Waals surface area contributed by atoms with E-state index >= 15 is 0 Å². The molecule has 0 bridgehead atoms. The number of carbonyl (C=O) groups excluding carboxylic acids is 1. The molecule has 20 heavy (non-hydrogen) atoms. The minimum atomic E-state index is -5.44. The average molecular weight is 308 g/mol. The zero-order valence-electron chi connectivity index (χ0n) is 10.4. The van der Waals surface area contributed by atoms with E-state index in [0.717, 1.165) is 0 Å². The van der Waals surface area contributed by atoms with Crippen LogP contribution in [0.5, 0.6) is 0 Å². The molecule has 0 aliphatic heterocycles. The van der Waals surface area contributed by atoms with Gasteiger partial charge >= 0.3 is 18.3 Å². The zero-order valence-corrected chi connectivity index (χ0v) is 10.4. The van der Waals surface area contributed by atoms with E-state index in [4.69, 9.17) is 4.74 Å². The molecule has 0 heterocycles. The molecular formula is C11H14F6O3. The number of hydrogen-bond acceptors (Lipinski definition) is 3. The fourth-order valence-corrected chi connectivity index (χ4v) is 1.23. The minimum Gasteiger partial charge on any atom is -0.463 e. The minimum absolute atomic E-state index is 0.0142. The highest BCUT2D eigenvalue weighted by Crippen LogP contribution is 2.41. The number of esters is 1. The van der Waals surface area contributed by atoms with Crippen molar-refractivity contribution in [3.8, 4) is 0 Å². The summed E-state index contributed by atoms with van der Waals surface area (Å²) in [5.41, 5.74) is 0. The van der Waals surface area contributed by atoms with Crippen molar-refractivity contribution in [2.45, 2.75) is 25.2 Å². The molecule has 3 nitrogen and oxygen atoms in total. The Morgan fingerprint density at radius 3 is 2.10 bits per heavy atom. The van der Waals surface area contributed by atoms with E-state index in [2.05, 4.69) is 11.3 Å². The van der Waals surface area contributed by atoms with Gasteiger partial charge in [0.1, 0.15) is 6.61 Å². The summed E-state index contributed by atoms with van der Waals surface area (Å²) < 4.78 is 82.2. The molecule has 0 aromatic heterocycles. The Labute approximate surface area is 111 Å². The van der Waals surface area contributed by atoms with Gasteiger partial charge in [0.2, 0.25) is 0 Å². The van der Waals surface area contributed by atoms with E-state index in [0.29, 0.717) is 0 Å². The van der Waals surface area contributed by atoms with Gasteiger partial charge in [0.15, 0.2) is 5.92 Å².